The molecule has 4 amide bonds. The Balaban J connectivity index is 0.923. The quantitative estimate of drug-likeness (QED) is 0.119. The van der Waals surface area contributed by atoms with Gasteiger partial charge in [0.1, 0.15) is 23.7 Å². The molecule has 428 valence electrons. The standard InChI is InChI=1S/C63H60Cl2F2N8O8/c1-32(2)51(70-60(80)82-5)58(78)72-31-62(23-24-62)29-49(72)54-68-30-50(75(54)57(77)42-12-8-10-14-46(42)65)36-17-21-40-39-20-16-34(26-43(39)63(66,67)44(40)27-36)35-18-22-47-48(28-35)74(56(76)41-11-7-9-13-45(41)64)55(69-47)53-37-15-19-38(25-37)73(53)59(79)52(33(3)4)71-61(81)83-6/h7-14,16-18,20-22,26-28,30,32-33,37-38,49,51-53H,15,19,23-25,29,31H2,1-6H3,(H,70,80)(H,71,81)/t37?,38?,49?,51-,52?,53?/m0/s1. The molecule has 20 heteroatoms. The van der Waals surface area contributed by atoms with Crippen molar-refractivity contribution in [3.8, 4) is 33.5 Å². The van der Waals surface area contributed by atoms with Gasteiger partial charge in [-0.2, -0.15) is 8.78 Å². The molecule has 7 aromatic rings. The normalized spacial score (nSPS) is 20.4. The van der Waals surface area contributed by atoms with Crippen molar-refractivity contribution in [2.45, 2.75) is 102 Å². The predicted molar refractivity (Wildman–Crippen MR) is 307 cm³/mol. The molecule has 5 aliphatic rings. The highest BCUT2D eigenvalue weighted by atomic mass is 35.5. The summed E-state index contributed by atoms with van der Waals surface area (Å²) in [6.45, 7) is 7.67. The molecule has 5 unspecified atom stereocenters. The Kier molecular flexibility index (Phi) is 14.1. The minimum absolute atomic E-state index is 0.0560. The Morgan fingerprint density at radius 2 is 1.23 bits per heavy atom. The number of halogens is 4. The number of hydrogen-bond donors (Lipinski definition) is 2. The first-order valence-corrected chi connectivity index (χ1v) is 28.7. The molecule has 2 saturated carbocycles. The van der Waals surface area contributed by atoms with Crippen LogP contribution < -0.4 is 10.6 Å². The van der Waals surface area contributed by atoms with Gasteiger partial charge in [-0.3, -0.25) is 28.3 Å². The van der Waals surface area contributed by atoms with E-state index in [0.29, 0.717) is 58.5 Å². The Morgan fingerprint density at radius 1 is 0.675 bits per heavy atom. The molecule has 5 aromatic carbocycles. The third-order valence-corrected chi connectivity index (χ3v) is 18.3. The van der Waals surface area contributed by atoms with Crippen LogP contribution in [0.3, 0.4) is 0 Å². The van der Waals surface area contributed by atoms with E-state index >= 15 is 13.6 Å². The number of likely N-dealkylation sites (tertiary alicyclic amines) is 2. The van der Waals surface area contributed by atoms with Crippen molar-refractivity contribution in [2.75, 3.05) is 20.8 Å². The van der Waals surface area contributed by atoms with Crippen molar-refractivity contribution in [1.82, 2.24) is 39.5 Å². The van der Waals surface area contributed by atoms with Crippen LogP contribution in [-0.2, 0) is 25.0 Å². The SMILES string of the molecule is COC(=O)NC(C(=O)N1C2CCC(C2)C1c1nc2ccc(-c3ccc4c(c3)C(F)(F)c3cc(-c5cnc(C6CC7(CC7)CN6C(=O)[C@@H](NC(=O)OC)C(C)C)n5C(=O)c5ccccc5Cl)ccc3-4)cc2n1C(=O)c1ccccc1Cl)C(C)C. The number of alkyl halides is 2. The summed E-state index contributed by atoms with van der Waals surface area (Å²) in [5, 5.41) is 5.78. The van der Waals surface area contributed by atoms with E-state index < -0.39 is 54.1 Å². The molecule has 0 radical (unpaired) electrons. The number of hydrogen-bond acceptors (Lipinski definition) is 10. The van der Waals surface area contributed by atoms with E-state index in [4.69, 9.17) is 42.6 Å². The Morgan fingerprint density at radius 3 is 1.82 bits per heavy atom. The Labute approximate surface area is 487 Å². The number of fused-ring (bicyclic) bond motifs is 6. The molecule has 83 heavy (non-hydrogen) atoms. The van der Waals surface area contributed by atoms with E-state index in [1.54, 1.807) is 101 Å². The fourth-order valence-electron chi connectivity index (χ4n) is 13.2. The first kappa shape index (κ1) is 55.6. The topological polar surface area (TPSA) is 187 Å². The van der Waals surface area contributed by atoms with E-state index in [0.717, 1.165) is 25.7 Å². The highest BCUT2D eigenvalue weighted by Crippen LogP contribution is 2.59. The number of benzene rings is 5. The number of amides is 4. The van der Waals surface area contributed by atoms with Gasteiger partial charge >= 0.3 is 12.2 Å². The maximum Gasteiger partial charge on any atom is 0.407 e. The highest BCUT2D eigenvalue weighted by Gasteiger charge is 2.57. The molecule has 2 aromatic heterocycles. The summed E-state index contributed by atoms with van der Waals surface area (Å²) in [6.07, 6.45) is 4.35. The lowest BCUT2D eigenvalue weighted by Crippen LogP contribution is -2.54. The van der Waals surface area contributed by atoms with Crippen LogP contribution in [0.15, 0.2) is 109 Å². The number of nitrogens with zero attached hydrogens (tertiary/aromatic N) is 6. The van der Waals surface area contributed by atoms with Gasteiger partial charge in [0, 0.05) is 29.3 Å². The van der Waals surface area contributed by atoms with Gasteiger partial charge < -0.3 is 29.9 Å². The number of nitrogens with one attached hydrogen (secondary N) is 2. The average molecular weight is 1170 g/mol. The van der Waals surface area contributed by atoms with Gasteiger partial charge in [0.25, 0.3) is 17.7 Å². The Hall–Kier alpha value is -7.96. The van der Waals surface area contributed by atoms with Gasteiger partial charge in [-0.05, 0) is 132 Å². The summed E-state index contributed by atoms with van der Waals surface area (Å²) in [5.74, 6) is -5.41. The van der Waals surface area contributed by atoms with Crippen LogP contribution in [0.4, 0.5) is 18.4 Å². The van der Waals surface area contributed by atoms with Crippen molar-refractivity contribution in [2.24, 2.45) is 23.2 Å². The Bertz CT molecular complexity index is 3850. The van der Waals surface area contributed by atoms with Crippen molar-refractivity contribution < 1.29 is 47.0 Å². The zero-order valence-corrected chi connectivity index (χ0v) is 47.9. The van der Waals surface area contributed by atoms with Crippen LogP contribution >= 0.6 is 23.2 Å². The first-order chi connectivity index (χ1) is 39.7. The molecule has 1 spiro atoms. The van der Waals surface area contributed by atoms with Crippen molar-refractivity contribution in [1.29, 1.82) is 0 Å². The summed E-state index contributed by atoms with van der Waals surface area (Å²) in [7, 11) is 2.46. The molecule has 12 rings (SSSR count). The van der Waals surface area contributed by atoms with Gasteiger partial charge in [0.05, 0.1) is 70.4 Å². The summed E-state index contributed by atoms with van der Waals surface area (Å²) in [5.41, 5.74) is 2.41. The molecule has 16 nitrogen and oxygen atoms in total. The van der Waals surface area contributed by atoms with Crippen LogP contribution in [-0.4, -0.2) is 104 Å². The fraction of sp³-hybridized carbons (Fsp3) is 0.365. The molecule has 2 N–H and O–H groups in total. The third-order valence-electron chi connectivity index (χ3n) is 17.7. The first-order valence-electron chi connectivity index (χ1n) is 27.9. The lowest BCUT2D eigenvalue weighted by molar-refractivity contribution is -0.139. The molecule has 4 fully saturated rings. The smallest absolute Gasteiger partial charge is 0.407 e. The van der Waals surface area contributed by atoms with Crippen LogP contribution in [0.1, 0.15) is 122 Å². The maximum atomic E-state index is 17.5. The lowest BCUT2D eigenvalue weighted by Gasteiger charge is -2.38. The summed E-state index contributed by atoms with van der Waals surface area (Å²) < 4.78 is 47.7. The van der Waals surface area contributed by atoms with Gasteiger partial charge in [-0.15, -0.1) is 0 Å². The van der Waals surface area contributed by atoms with Gasteiger partial charge in [-0.25, -0.2) is 19.6 Å². The number of ether oxygens (including phenoxy) is 2. The van der Waals surface area contributed by atoms with E-state index in [1.807, 2.05) is 27.7 Å². The van der Waals surface area contributed by atoms with Gasteiger partial charge in [0.2, 0.25) is 11.8 Å². The molecule has 2 bridgehead atoms. The van der Waals surface area contributed by atoms with Gasteiger partial charge in [-0.1, -0.05) is 105 Å². The molecular weight excluding hydrogens is 1110 g/mol. The van der Waals surface area contributed by atoms with Crippen LogP contribution in [0.25, 0.3) is 44.5 Å². The molecule has 2 aliphatic heterocycles. The summed E-state index contributed by atoms with van der Waals surface area (Å²) in [6, 6.07) is 24.5. The van der Waals surface area contributed by atoms with Crippen molar-refractivity contribution in [3.63, 3.8) is 0 Å². The number of methoxy groups -OCH3 is 2. The summed E-state index contributed by atoms with van der Waals surface area (Å²) in [4.78, 5) is 97.7. The minimum Gasteiger partial charge on any atom is -0.453 e. The van der Waals surface area contributed by atoms with Crippen LogP contribution in [0.2, 0.25) is 10.0 Å². The van der Waals surface area contributed by atoms with Crippen molar-refractivity contribution in [3.05, 3.63) is 153 Å². The van der Waals surface area contributed by atoms with Crippen LogP contribution in [0.5, 0.6) is 0 Å². The van der Waals surface area contributed by atoms with Gasteiger partial charge in [0.15, 0.2) is 0 Å². The zero-order chi connectivity index (χ0) is 58.6. The number of imidazole rings is 2. The fourth-order valence-corrected chi connectivity index (χ4v) is 13.6. The van der Waals surface area contributed by atoms with Crippen LogP contribution in [0, 0.1) is 23.2 Å². The number of piperidine rings is 1. The third kappa shape index (κ3) is 9.41. The molecule has 3 aliphatic carbocycles. The highest BCUT2D eigenvalue weighted by molar-refractivity contribution is 6.34. The second kappa shape index (κ2) is 21.0. The number of carbonyl (C=O) groups is 6. The number of alkyl carbamates (subject to hydrolysis) is 2. The number of aromatic nitrogens is 4. The second-order valence-corrected chi connectivity index (χ2v) is 24.1. The molecule has 6 atom stereocenters. The van der Waals surface area contributed by atoms with E-state index in [9.17, 15) is 24.0 Å². The predicted octanol–water partition coefficient (Wildman–Crippen LogP) is 12.2. The maximum absolute atomic E-state index is 17.5. The summed E-state index contributed by atoms with van der Waals surface area (Å²) >= 11 is 13.4. The molecule has 2 saturated heterocycles. The molecular formula is C63H60Cl2F2N8O8. The van der Waals surface area contributed by atoms with E-state index in [2.05, 4.69) is 10.6 Å². The lowest BCUT2D eigenvalue weighted by atomic mass is 9.95. The zero-order valence-electron chi connectivity index (χ0n) is 46.4. The second-order valence-electron chi connectivity index (χ2n) is 23.3. The number of rotatable bonds is 12. The van der Waals surface area contributed by atoms with E-state index in [-0.39, 0.29) is 90.4 Å². The average Bonchev–Trinajstić information content (AvgIpc) is 1.83. The monoisotopic (exact) mass is 1160 g/mol. The molecule has 4 heterocycles. The van der Waals surface area contributed by atoms with Crippen molar-refractivity contribution >= 4 is 70.1 Å². The van der Waals surface area contributed by atoms with E-state index in [1.165, 1.54) is 41.7 Å². The largest absolute Gasteiger partial charge is 0.453 e. The number of carbonyl (C=O) groups excluding carboxylic acids is 6. The minimum atomic E-state index is -3.55.